The van der Waals surface area contributed by atoms with Crippen LogP contribution in [0.4, 0.5) is 19.0 Å². The Morgan fingerprint density at radius 3 is 2.53 bits per heavy atom. The first-order valence-corrected chi connectivity index (χ1v) is 14.6. The van der Waals surface area contributed by atoms with Gasteiger partial charge in [0, 0.05) is 63.0 Å². The largest absolute Gasteiger partial charge is 0.496 e. The SMILES string of the molecule is COCCN1CCP(=O)(c2cc3c(N[C@H](C)c4cccc(C(C)(F)F)c4F)nc(C)nc3cc2OC)CC1. The van der Waals surface area contributed by atoms with Crippen molar-refractivity contribution >= 4 is 29.2 Å². The van der Waals surface area contributed by atoms with Gasteiger partial charge < -0.3 is 24.3 Å². The van der Waals surface area contributed by atoms with E-state index in [1.165, 1.54) is 12.1 Å². The van der Waals surface area contributed by atoms with Crippen LogP contribution >= 0.6 is 7.14 Å². The Kier molecular flexibility index (Phi) is 8.35. The number of hydrogen-bond donors (Lipinski definition) is 1. The molecule has 0 saturated carbocycles. The summed E-state index contributed by atoms with van der Waals surface area (Å²) < 4.78 is 67.9. The summed E-state index contributed by atoms with van der Waals surface area (Å²) in [6, 6.07) is 6.86. The van der Waals surface area contributed by atoms with E-state index in [2.05, 4.69) is 20.2 Å². The maximum absolute atomic E-state index is 15.1. The predicted octanol–water partition coefficient (Wildman–Crippen LogP) is 5.32. The van der Waals surface area contributed by atoms with Gasteiger partial charge in [0.1, 0.15) is 30.4 Å². The van der Waals surface area contributed by atoms with E-state index in [1.54, 1.807) is 40.2 Å². The smallest absolute Gasteiger partial charge is 0.273 e. The summed E-state index contributed by atoms with van der Waals surface area (Å²) in [5.41, 5.74) is 0.0141. The number of aryl methyl sites for hydroxylation is 1. The van der Waals surface area contributed by atoms with Crippen LogP contribution in [-0.2, 0) is 15.2 Å². The first-order chi connectivity index (χ1) is 18.0. The Labute approximate surface area is 221 Å². The van der Waals surface area contributed by atoms with Crippen molar-refractivity contribution in [3.05, 3.63) is 53.1 Å². The molecule has 1 aliphatic rings. The molecule has 4 rings (SSSR count). The molecule has 3 aromatic rings. The average Bonchev–Trinajstić information content (AvgIpc) is 2.87. The highest BCUT2D eigenvalue weighted by Crippen LogP contribution is 2.49. The van der Waals surface area contributed by atoms with Crippen LogP contribution in [0.25, 0.3) is 10.9 Å². The lowest BCUT2D eigenvalue weighted by atomic mass is 10.0. The molecule has 0 bridgehead atoms. The molecule has 1 N–H and O–H groups in total. The van der Waals surface area contributed by atoms with Crippen molar-refractivity contribution in [1.82, 2.24) is 14.9 Å². The van der Waals surface area contributed by atoms with Crippen molar-refractivity contribution in [2.75, 3.05) is 58.1 Å². The van der Waals surface area contributed by atoms with E-state index in [9.17, 15) is 13.3 Å². The maximum atomic E-state index is 15.1. The van der Waals surface area contributed by atoms with Crippen molar-refractivity contribution < 1.29 is 27.2 Å². The normalized spacial score (nSPS) is 16.9. The van der Waals surface area contributed by atoms with Gasteiger partial charge in [-0.3, -0.25) is 0 Å². The van der Waals surface area contributed by atoms with Crippen LogP contribution in [0.5, 0.6) is 5.75 Å². The molecule has 1 saturated heterocycles. The molecule has 38 heavy (non-hydrogen) atoms. The molecule has 0 spiro atoms. The third kappa shape index (κ3) is 5.82. The maximum Gasteiger partial charge on any atom is 0.273 e. The zero-order valence-electron chi connectivity index (χ0n) is 22.4. The van der Waals surface area contributed by atoms with Crippen molar-refractivity contribution in [2.24, 2.45) is 0 Å². The van der Waals surface area contributed by atoms with Gasteiger partial charge in [-0.25, -0.2) is 23.1 Å². The number of benzene rings is 2. The van der Waals surface area contributed by atoms with Crippen LogP contribution in [0, 0.1) is 12.7 Å². The summed E-state index contributed by atoms with van der Waals surface area (Å²) in [5.74, 6) is -2.89. The molecule has 2 heterocycles. The standard InChI is InChI=1S/C27H34F3N4O3P/c1-17(19-7-6-8-21(25(19)28)27(3,29)30)31-26-20-15-24(23(37-5)16-22(20)32-18(2)33-26)38(35)13-10-34(11-14-38)9-12-36-4/h6-8,15-17H,9-14H2,1-5H3,(H,31,32,33)/t17-/m1/s1. The Bertz CT molecular complexity index is 1350. The fourth-order valence-corrected chi connectivity index (χ4v) is 7.71. The Balaban J connectivity index is 1.72. The van der Waals surface area contributed by atoms with Gasteiger partial charge in [-0.05, 0) is 19.9 Å². The molecule has 2 aromatic carbocycles. The third-order valence-electron chi connectivity index (χ3n) is 7.03. The van der Waals surface area contributed by atoms with Crippen LogP contribution in [0.1, 0.15) is 36.8 Å². The van der Waals surface area contributed by atoms with Gasteiger partial charge in [-0.1, -0.05) is 18.2 Å². The minimum Gasteiger partial charge on any atom is -0.496 e. The van der Waals surface area contributed by atoms with Crippen molar-refractivity contribution in [3.8, 4) is 5.75 Å². The van der Waals surface area contributed by atoms with Gasteiger partial charge in [0.25, 0.3) is 5.92 Å². The van der Waals surface area contributed by atoms with E-state index < -0.39 is 30.5 Å². The van der Waals surface area contributed by atoms with Gasteiger partial charge in [-0.15, -0.1) is 0 Å². The zero-order valence-corrected chi connectivity index (χ0v) is 23.2. The number of fused-ring (bicyclic) bond motifs is 1. The van der Waals surface area contributed by atoms with Crippen LogP contribution in [0.15, 0.2) is 30.3 Å². The van der Waals surface area contributed by atoms with E-state index in [-0.39, 0.29) is 5.56 Å². The van der Waals surface area contributed by atoms with Crippen LogP contribution < -0.4 is 15.4 Å². The van der Waals surface area contributed by atoms with Crippen LogP contribution in [0.2, 0.25) is 0 Å². The second-order valence-corrected chi connectivity index (χ2v) is 12.9. The molecular weight excluding hydrogens is 516 g/mol. The average molecular weight is 551 g/mol. The highest BCUT2D eigenvalue weighted by molar-refractivity contribution is 7.72. The lowest BCUT2D eigenvalue weighted by molar-refractivity contribution is 0.0136. The molecule has 1 aliphatic heterocycles. The fraction of sp³-hybridized carbons (Fsp3) is 0.481. The van der Waals surface area contributed by atoms with E-state index >= 15 is 4.39 Å². The molecule has 206 valence electrons. The number of alkyl halides is 2. The number of ether oxygens (including phenoxy) is 2. The Morgan fingerprint density at radius 1 is 1.18 bits per heavy atom. The number of aromatic nitrogens is 2. The summed E-state index contributed by atoms with van der Waals surface area (Å²) in [6.07, 6.45) is 1.02. The Morgan fingerprint density at radius 2 is 1.89 bits per heavy atom. The molecule has 0 unspecified atom stereocenters. The summed E-state index contributed by atoms with van der Waals surface area (Å²) in [4.78, 5) is 11.3. The number of nitrogens with zero attached hydrogens (tertiary/aromatic N) is 3. The summed E-state index contributed by atoms with van der Waals surface area (Å²) in [5, 5.41) is 4.41. The number of anilines is 1. The molecule has 1 fully saturated rings. The number of methoxy groups -OCH3 is 2. The molecular formula is C27H34F3N4O3P. The van der Waals surface area contributed by atoms with Crippen LogP contribution in [0.3, 0.4) is 0 Å². The minimum absolute atomic E-state index is 0.0957. The highest BCUT2D eigenvalue weighted by atomic mass is 31.2. The van der Waals surface area contributed by atoms with Crippen molar-refractivity contribution in [2.45, 2.75) is 32.7 Å². The lowest BCUT2D eigenvalue weighted by Gasteiger charge is -2.33. The van der Waals surface area contributed by atoms with Gasteiger partial charge in [0.05, 0.1) is 36.1 Å². The fourth-order valence-electron chi connectivity index (χ4n) is 4.87. The molecule has 1 atom stereocenters. The predicted molar refractivity (Wildman–Crippen MR) is 144 cm³/mol. The summed E-state index contributed by atoms with van der Waals surface area (Å²) in [7, 11) is 0.419. The monoisotopic (exact) mass is 550 g/mol. The topological polar surface area (TPSA) is 76.6 Å². The van der Waals surface area contributed by atoms with E-state index in [1.807, 2.05) is 0 Å². The molecule has 1 aromatic heterocycles. The van der Waals surface area contributed by atoms with E-state index in [0.717, 1.165) is 12.6 Å². The molecule has 0 amide bonds. The lowest BCUT2D eigenvalue weighted by Crippen LogP contribution is -2.39. The van der Waals surface area contributed by atoms with Gasteiger partial charge >= 0.3 is 0 Å². The minimum atomic E-state index is -3.31. The van der Waals surface area contributed by atoms with Gasteiger partial charge in [-0.2, -0.15) is 0 Å². The first kappa shape index (κ1) is 28.3. The third-order valence-corrected chi connectivity index (χ3v) is 10.1. The molecule has 7 nitrogen and oxygen atoms in total. The molecule has 0 aliphatic carbocycles. The number of halogens is 3. The quantitative estimate of drug-likeness (QED) is 0.362. The second-order valence-electron chi connectivity index (χ2n) is 9.79. The molecule has 11 heteroatoms. The first-order valence-electron chi connectivity index (χ1n) is 12.6. The zero-order chi connectivity index (χ0) is 27.7. The van der Waals surface area contributed by atoms with Gasteiger partial charge in [0.2, 0.25) is 0 Å². The highest BCUT2D eigenvalue weighted by Gasteiger charge is 2.34. The summed E-state index contributed by atoms with van der Waals surface area (Å²) >= 11 is 0. The van der Waals surface area contributed by atoms with E-state index in [4.69, 9.17) is 9.47 Å². The van der Waals surface area contributed by atoms with Crippen molar-refractivity contribution in [3.63, 3.8) is 0 Å². The van der Waals surface area contributed by atoms with Gasteiger partial charge in [0.15, 0.2) is 0 Å². The number of hydrogen-bond acceptors (Lipinski definition) is 7. The molecule has 0 radical (unpaired) electrons. The van der Waals surface area contributed by atoms with Crippen LogP contribution in [-0.4, -0.2) is 67.7 Å². The number of rotatable bonds is 9. The van der Waals surface area contributed by atoms with E-state index in [0.29, 0.717) is 72.5 Å². The second kappa shape index (κ2) is 11.2. The summed E-state index contributed by atoms with van der Waals surface area (Å²) in [6.45, 7) is 6.86. The van der Waals surface area contributed by atoms with Crippen molar-refractivity contribution in [1.29, 1.82) is 0 Å². The Hall–Kier alpha value is -2.68. The number of nitrogens with one attached hydrogen (secondary N) is 1.